The van der Waals surface area contributed by atoms with Crippen molar-refractivity contribution >= 4 is 5.91 Å². The van der Waals surface area contributed by atoms with Gasteiger partial charge in [0.1, 0.15) is 0 Å². The lowest BCUT2D eigenvalue weighted by Crippen LogP contribution is -2.18. The molecule has 1 atom stereocenters. The zero-order valence-corrected chi connectivity index (χ0v) is 5.35. The van der Waals surface area contributed by atoms with Gasteiger partial charge in [-0.2, -0.15) is 0 Å². The van der Waals surface area contributed by atoms with Crippen molar-refractivity contribution in [1.29, 1.82) is 0 Å². The molecule has 0 aromatic rings. The van der Waals surface area contributed by atoms with Gasteiger partial charge in [0.2, 0.25) is 5.91 Å². The fourth-order valence-corrected chi connectivity index (χ4v) is 0.762. The van der Waals surface area contributed by atoms with Gasteiger partial charge in [-0.05, 0) is 19.1 Å². The van der Waals surface area contributed by atoms with Crippen molar-refractivity contribution in [2.75, 3.05) is 0 Å². The smallest absolute Gasteiger partial charge is 0.231 e. The summed E-state index contributed by atoms with van der Waals surface area (Å²) < 4.78 is 0. The average molecular weight is 123 g/mol. The standard InChI is InChI=1S/C7H9NO/c1-3-6-4-5(2)7(9)8-6/h3-5H,1H2,2H3,(H,8,9). The van der Waals surface area contributed by atoms with Crippen molar-refractivity contribution in [3.05, 3.63) is 24.4 Å². The fourth-order valence-electron chi connectivity index (χ4n) is 0.762. The van der Waals surface area contributed by atoms with Crippen molar-refractivity contribution in [2.24, 2.45) is 5.92 Å². The number of carbonyl (C=O) groups excluding carboxylic acids is 1. The summed E-state index contributed by atoms with van der Waals surface area (Å²) >= 11 is 0. The minimum Gasteiger partial charge on any atom is -0.326 e. The van der Waals surface area contributed by atoms with Crippen LogP contribution in [0.1, 0.15) is 6.92 Å². The second kappa shape index (κ2) is 2.05. The SMILES string of the molecule is C=CC1=CC(C)C(=O)N1. The highest BCUT2D eigenvalue weighted by Gasteiger charge is 2.17. The zero-order chi connectivity index (χ0) is 6.85. The van der Waals surface area contributed by atoms with Crippen LogP contribution in [0.5, 0.6) is 0 Å². The maximum absolute atomic E-state index is 10.7. The Labute approximate surface area is 54.3 Å². The van der Waals surface area contributed by atoms with Crippen LogP contribution >= 0.6 is 0 Å². The molecule has 1 amide bonds. The third-order valence-electron chi connectivity index (χ3n) is 1.33. The van der Waals surface area contributed by atoms with E-state index in [9.17, 15) is 4.79 Å². The molecule has 2 nitrogen and oxygen atoms in total. The lowest BCUT2D eigenvalue weighted by atomic mass is 10.2. The van der Waals surface area contributed by atoms with Crippen molar-refractivity contribution in [1.82, 2.24) is 5.32 Å². The monoisotopic (exact) mass is 123 g/mol. The molecule has 0 saturated carbocycles. The van der Waals surface area contributed by atoms with Crippen molar-refractivity contribution in [3.63, 3.8) is 0 Å². The van der Waals surface area contributed by atoms with Gasteiger partial charge in [0, 0.05) is 5.70 Å². The number of hydrogen-bond acceptors (Lipinski definition) is 1. The van der Waals surface area contributed by atoms with Crippen LogP contribution in [0.4, 0.5) is 0 Å². The Morgan fingerprint density at radius 2 is 2.56 bits per heavy atom. The van der Waals surface area contributed by atoms with Gasteiger partial charge in [-0.3, -0.25) is 4.79 Å². The maximum atomic E-state index is 10.7. The van der Waals surface area contributed by atoms with Gasteiger partial charge < -0.3 is 5.32 Å². The van der Waals surface area contributed by atoms with Gasteiger partial charge in [-0.25, -0.2) is 0 Å². The van der Waals surface area contributed by atoms with Gasteiger partial charge in [0.25, 0.3) is 0 Å². The molecule has 0 spiro atoms. The third kappa shape index (κ3) is 1.02. The highest BCUT2D eigenvalue weighted by atomic mass is 16.2. The Bertz CT molecular complexity index is 181. The molecular weight excluding hydrogens is 114 g/mol. The summed E-state index contributed by atoms with van der Waals surface area (Å²) in [6.07, 6.45) is 3.50. The van der Waals surface area contributed by atoms with E-state index in [1.54, 1.807) is 6.08 Å². The molecule has 1 aliphatic heterocycles. The number of carbonyl (C=O) groups is 1. The Morgan fingerprint density at radius 3 is 2.78 bits per heavy atom. The summed E-state index contributed by atoms with van der Waals surface area (Å²) in [5.74, 6) is 0.0721. The van der Waals surface area contributed by atoms with Crippen LogP contribution in [0.2, 0.25) is 0 Å². The van der Waals surface area contributed by atoms with Gasteiger partial charge in [0.15, 0.2) is 0 Å². The molecule has 1 aliphatic rings. The van der Waals surface area contributed by atoms with Crippen molar-refractivity contribution in [3.8, 4) is 0 Å². The Hall–Kier alpha value is -1.05. The molecule has 9 heavy (non-hydrogen) atoms. The first-order valence-corrected chi connectivity index (χ1v) is 2.89. The van der Waals surface area contributed by atoms with Crippen LogP contribution in [0, 0.1) is 5.92 Å². The first-order chi connectivity index (χ1) is 4.24. The number of allylic oxidation sites excluding steroid dienone is 1. The highest BCUT2D eigenvalue weighted by molar-refractivity contribution is 5.85. The average Bonchev–Trinajstić information content (AvgIpc) is 2.13. The van der Waals surface area contributed by atoms with Crippen LogP contribution in [0.3, 0.4) is 0 Å². The highest BCUT2D eigenvalue weighted by Crippen LogP contribution is 2.09. The van der Waals surface area contributed by atoms with Crippen LogP contribution < -0.4 is 5.32 Å². The summed E-state index contributed by atoms with van der Waals surface area (Å²) in [7, 11) is 0. The van der Waals surface area contributed by atoms with Gasteiger partial charge >= 0.3 is 0 Å². The molecule has 1 N–H and O–H groups in total. The molecule has 1 heterocycles. The first kappa shape index (κ1) is 6.08. The summed E-state index contributed by atoms with van der Waals surface area (Å²) in [5, 5.41) is 2.66. The predicted molar refractivity (Wildman–Crippen MR) is 35.6 cm³/mol. The maximum Gasteiger partial charge on any atom is 0.231 e. The Morgan fingerprint density at radius 1 is 1.89 bits per heavy atom. The van der Waals surface area contributed by atoms with E-state index in [1.807, 2.05) is 13.0 Å². The second-order valence-corrected chi connectivity index (χ2v) is 2.10. The molecule has 0 aromatic carbocycles. The van der Waals surface area contributed by atoms with Crippen LogP contribution in [-0.2, 0) is 4.79 Å². The molecule has 48 valence electrons. The van der Waals surface area contributed by atoms with Gasteiger partial charge in [-0.15, -0.1) is 0 Å². The summed E-state index contributed by atoms with van der Waals surface area (Å²) in [5.41, 5.74) is 0.826. The van der Waals surface area contributed by atoms with E-state index in [1.165, 1.54) is 0 Å². The molecule has 1 unspecified atom stereocenters. The van der Waals surface area contributed by atoms with Crippen LogP contribution in [-0.4, -0.2) is 5.91 Å². The molecule has 0 fully saturated rings. The summed E-state index contributed by atoms with van der Waals surface area (Å²) in [4.78, 5) is 10.7. The van der Waals surface area contributed by atoms with E-state index in [2.05, 4.69) is 11.9 Å². The Kier molecular flexibility index (Phi) is 1.39. The third-order valence-corrected chi connectivity index (χ3v) is 1.33. The van der Waals surface area contributed by atoms with Crippen molar-refractivity contribution < 1.29 is 4.79 Å². The molecule has 0 radical (unpaired) electrons. The topological polar surface area (TPSA) is 29.1 Å². The predicted octanol–water partition coefficient (Wildman–Crippen LogP) is 0.822. The van der Waals surface area contributed by atoms with Gasteiger partial charge in [-0.1, -0.05) is 6.58 Å². The summed E-state index contributed by atoms with van der Waals surface area (Å²) in [6, 6.07) is 0. The second-order valence-electron chi connectivity index (χ2n) is 2.10. The quantitative estimate of drug-likeness (QED) is 0.549. The van der Waals surface area contributed by atoms with E-state index < -0.39 is 0 Å². The van der Waals surface area contributed by atoms with E-state index in [0.717, 1.165) is 5.70 Å². The molecule has 0 saturated heterocycles. The normalized spacial score (nSPS) is 25.2. The molecule has 0 aromatic heterocycles. The van der Waals surface area contributed by atoms with Crippen LogP contribution in [0.25, 0.3) is 0 Å². The minimum atomic E-state index is 0.0120. The van der Waals surface area contributed by atoms with Crippen LogP contribution in [0.15, 0.2) is 24.4 Å². The lowest BCUT2D eigenvalue weighted by molar-refractivity contribution is -0.121. The minimum absolute atomic E-state index is 0.0120. The largest absolute Gasteiger partial charge is 0.326 e. The molecule has 1 rings (SSSR count). The van der Waals surface area contributed by atoms with E-state index >= 15 is 0 Å². The molecule has 2 heteroatoms. The van der Waals surface area contributed by atoms with Gasteiger partial charge in [0.05, 0.1) is 5.92 Å². The Balaban J connectivity index is 2.73. The number of hydrogen-bond donors (Lipinski definition) is 1. The zero-order valence-electron chi connectivity index (χ0n) is 5.35. The van der Waals surface area contributed by atoms with E-state index in [4.69, 9.17) is 0 Å². The van der Waals surface area contributed by atoms with E-state index in [-0.39, 0.29) is 11.8 Å². The van der Waals surface area contributed by atoms with E-state index in [0.29, 0.717) is 0 Å². The number of nitrogens with one attached hydrogen (secondary N) is 1. The molecular formula is C7H9NO. The first-order valence-electron chi connectivity index (χ1n) is 2.89. The molecule has 0 aliphatic carbocycles. The van der Waals surface area contributed by atoms with Crippen molar-refractivity contribution in [2.45, 2.75) is 6.92 Å². The lowest BCUT2D eigenvalue weighted by Gasteiger charge is -1.93. The molecule has 0 bridgehead atoms. The summed E-state index contributed by atoms with van der Waals surface area (Å²) in [6.45, 7) is 5.38. The number of rotatable bonds is 1. The fraction of sp³-hybridized carbons (Fsp3) is 0.286. The number of amides is 1.